The molecule has 2 amide bonds. The minimum absolute atomic E-state index is 0.0145. The van der Waals surface area contributed by atoms with Crippen LogP contribution in [0.2, 0.25) is 0 Å². The first kappa shape index (κ1) is 40.5. The van der Waals surface area contributed by atoms with E-state index in [2.05, 4.69) is 10.2 Å². The van der Waals surface area contributed by atoms with Gasteiger partial charge in [0.15, 0.2) is 0 Å². The van der Waals surface area contributed by atoms with Crippen LogP contribution in [0.1, 0.15) is 39.9 Å². The van der Waals surface area contributed by atoms with Crippen LogP contribution in [0.4, 0.5) is 13.2 Å². The molecule has 4 N–H and O–H groups in total. The molecule has 0 spiro atoms. The Morgan fingerprint density at radius 3 is 2.06 bits per heavy atom. The lowest BCUT2D eigenvalue weighted by molar-refractivity contribution is -0.192. The summed E-state index contributed by atoms with van der Waals surface area (Å²) in [4.78, 5) is 39.6. The Kier molecular flexibility index (Phi) is 14.1. The number of halogens is 3. The van der Waals surface area contributed by atoms with Crippen molar-refractivity contribution < 1.29 is 45.8 Å². The van der Waals surface area contributed by atoms with Crippen LogP contribution in [0.3, 0.4) is 0 Å². The largest absolute Gasteiger partial charge is 0.497 e. The number of rotatable bonds is 13. The van der Waals surface area contributed by atoms with E-state index in [1.807, 2.05) is 72.8 Å². The molecule has 1 saturated heterocycles. The van der Waals surface area contributed by atoms with Gasteiger partial charge in [0.1, 0.15) is 5.75 Å². The van der Waals surface area contributed by atoms with Crippen molar-refractivity contribution in [3.05, 3.63) is 119 Å². The average Bonchev–Trinajstić information content (AvgIpc) is 3.65. The number of primary sulfonamides is 1. The number of amides is 2. The summed E-state index contributed by atoms with van der Waals surface area (Å²) in [5, 5.41) is 15.4. The van der Waals surface area contributed by atoms with Gasteiger partial charge in [0.25, 0.3) is 5.91 Å². The van der Waals surface area contributed by atoms with Crippen molar-refractivity contribution in [2.75, 3.05) is 33.3 Å². The molecule has 1 aliphatic rings. The van der Waals surface area contributed by atoms with Crippen molar-refractivity contribution >= 4 is 27.8 Å². The maximum atomic E-state index is 13.7. The third kappa shape index (κ3) is 12.7. The third-order valence-electron chi connectivity index (χ3n) is 8.38. The molecule has 0 atom stereocenters. The van der Waals surface area contributed by atoms with Gasteiger partial charge in [-0.2, -0.15) is 13.2 Å². The summed E-state index contributed by atoms with van der Waals surface area (Å²) < 4.78 is 60.6. The van der Waals surface area contributed by atoms with Crippen LogP contribution >= 0.6 is 0 Å². The van der Waals surface area contributed by atoms with Gasteiger partial charge >= 0.3 is 12.1 Å². The Bertz CT molecular complexity index is 1980. The van der Waals surface area contributed by atoms with Gasteiger partial charge < -0.3 is 25.0 Å². The summed E-state index contributed by atoms with van der Waals surface area (Å²) in [6.45, 7) is 4.25. The van der Waals surface area contributed by atoms with Crippen LogP contribution in [0, 0.1) is 0 Å². The molecule has 4 aromatic rings. The van der Waals surface area contributed by atoms with Crippen molar-refractivity contribution in [2.24, 2.45) is 5.14 Å². The summed E-state index contributed by atoms with van der Waals surface area (Å²) in [5.74, 6) is -2.28. The number of carbonyl (C=O) groups is 3. The predicted octanol–water partition coefficient (Wildman–Crippen LogP) is 5.24. The van der Waals surface area contributed by atoms with Gasteiger partial charge in [-0.3, -0.25) is 9.59 Å². The molecular formula is C38H41F3N4O7S. The zero-order valence-corrected chi connectivity index (χ0v) is 29.8. The van der Waals surface area contributed by atoms with E-state index in [1.54, 1.807) is 24.1 Å². The fraction of sp³-hybridized carbons (Fsp3) is 0.289. The predicted molar refractivity (Wildman–Crippen MR) is 192 cm³/mol. The lowest BCUT2D eigenvalue weighted by Crippen LogP contribution is -2.33. The van der Waals surface area contributed by atoms with Crippen molar-refractivity contribution in [3.63, 3.8) is 0 Å². The molecule has 0 saturated carbocycles. The van der Waals surface area contributed by atoms with E-state index in [-0.39, 0.29) is 29.7 Å². The monoisotopic (exact) mass is 754 g/mol. The number of nitrogens with zero attached hydrogens (tertiary/aromatic N) is 2. The summed E-state index contributed by atoms with van der Waals surface area (Å²) in [7, 11) is -2.24. The van der Waals surface area contributed by atoms with Crippen molar-refractivity contribution in [1.29, 1.82) is 0 Å². The standard InChI is InChI=1S/C36H40N4O5S.C2HF3O2/c1-45-33-12-5-7-28(22-33)23-35(41)40(25-27-13-15-34(16-14-27)46(37,43)44)26-29-8-4-9-30(21-29)31-10-6-11-32(24-31)36(42)38-17-20-39-18-2-3-19-39;3-2(4,5)1(6)7/h4-16,21-22,24H,2-3,17-20,23,25-26H2,1H3,(H,38,42)(H2,37,43,44);(H,6,7). The number of alkyl halides is 3. The molecule has 15 heteroatoms. The van der Waals surface area contributed by atoms with Crippen LogP contribution in [-0.4, -0.2) is 80.6 Å². The first-order valence-corrected chi connectivity index (χ1v) is 18.2. The Labute approximate surface area is 306 Å². The van der Waals surface area contributed by atoms with Crippen molar-refractivity contribution in [3.8, 4) is 16.9 Å². The van der Waals surface area contributed by atoms with E-state index in [4.69, 9.17) is 19.8 Å². The van der Waals surface area contributed by atoms with E-state index >= 15 is 0 Å². The zero-order valence-electron chi connectivity index (χ0n) is 29.0. The number of likely N-dealkylation sites (tertiary alicyclic amines) is 1. The minimum atomic E-state index is -5.08. The molecule has 282 valence electrons. The SMILES string of the molecule is COc1cccc(CC(=O)N(Cc2ccc(S(N)(=O)=O)cc2)Cc2cccc(-c3cccc(C(=O)NCCN4CCCC4)c3)c2)c1.O=C(O)C(F)(F)F. The van der Waals surface area contributed by atoms with E-state index in [0.29, 0.717) is 24.4 Å². The summed E-state index contributed by atoms with van der Waals surface area (Å²) >= 11 is 0. The van der Waals surface area contributed by atoms with Crippen molar-refractivity contribution in [1.82, 2.24) is 15.1 Å². The molecule has 1 aliphatic heterocycles. The molecule has 0 unspecified atom stereocenters. The summed E-state index contributed by atoms with van der Waals surface area (Å²) in [6.07, 6.45) is -2.48. The summed E-state index contributed by atoms with van der Waals surface area (Å²) in [6, 6.07) is 29.1. The van der Waals surface area contributed by atoms with E-state index in [0.717, 1.165) is 47.5 Å². The Morgan fingerprint density at radius 2 is 1.43 bits per heavy atom. The number of nitrogens with two attached hydrogens (primary N) is 1. The maximum absolute atomic E-state index is 13.7. The fourth-order valence-corrected chi connectivity index (χ4v) is 6.17. The van der Waals surface area contributed by atoms with E-state index in [1.165, 1.54) is 25.0 Å². The van der Waals surface area contributed by atoms with Gasteiger partial charge in [-0.1, -0.05) is 54.6 Å². The fourth-order valence-electron chi connectivity index (χ4n) is 5.65. The molecular weight excluding hydrogens is 714 g/mol. The number of nitrogens with one attached hydrogen (secondary N) is 1. The second-order valence-electron chi connectivity index (χ2n) is 12.4. The third-order valence-corrected chi connectivity index (χ3v) is 9.31. The van der Waals surface area contributed by atoms with Crippen molar-refractivity contribution in [2.45, 2.75) is 43.4 Å². The molecule has 4 aromatic carbocycles. The number of hydrogen-bond acceptors (Lipinski definition) is 7. The average molecular weight is 755 g/mol. The molecule has 5 rings (SSSR count). The number of sulfonamides is 1. The van der Waals surface area contributed by atoms with Crippen LogP contribution in [0.25, 0.3) is 11.1 Å². The molecule has 0 bridgehead atoms. The number of hydrogen-bond donors (Lipinski definition) is 3. The highest BCUT2D eigenvalue weighted by molar-refractivity contribution is 7.89. The number of aliphatic carboxylic acids is 1. The summed E-state index contributed by atoms with van der Waals surface area (Å²) in [5.41, 5.74) is 4.94. The molecule has 0 radical (unpaired) electrons. The van der Waals surface area contributed by atoms with Gasteiger partial charge in [-0.25, -0.2) is 18.4 Å². The Morgan fingerprint density at radius 1 is 0.849 bits per heavy atom. The smallest absolute Gasteiger partial charge is 0.490 e. The molecule has 0 aliphatic carbocycles. The van der Waals surface area contributed by atoms with E-state index < -0.39 is 22.2 Å². The highest BCUT2D eigenvalue weighted by Crippen LogP contribution is 2.24. The second kappa shape index (κ2) is 18.5. The molecule has 1 fully saturated rings. The number of ether oxygens (including phenoxy) is 1. The Hall–Kier alpha value is -5.25. The number of carboxylic acids is 1. The molecule has 0 aromatic heterocycles. The van der Waals surface area contributed by atoms with Crippen LogP contribution in [0.5, 0.6) is 5.75 Å². The number of carbonyl (C=O) groups excluding carboxylic acids is 2. The topological polar surface area (TPSA) is 159 Å². The highest BCUT2D eigenvalue weighted by atomic mass is 32.2. The first-order chi connectivity index (χ1) is 25.1. The highest BCUT2D eigenvalue weighted by Gasteiger charge is 2.38. The van der Waals surface area contributed by atoms with Crippen LogP contribution in [-0.2, 0) is 39.1 Å². The second-order valence-corrected chi connectivity index (χ2v) is 13.9. The maximum Gasteiger partial charge on any atom is 0.490 e. The number of carboxylic acid groups (broad SMARTS) is 1. The molecule has 11 nitrogen and oxygen atoms in total. The van der Waals surface area contributed by atoms with Crippen LogP contribution in [0.15, 0.2) is 102 Å². The van der Waals surface area contributed by atoms with Gasteiger partial charge in [0.2, 0.25) is 15.9 Å². The lowest BCUT2D eigenvalue weighted by Gasteiger charge is -2.24. The van der Waals surface area contributed by atoms with Gasteiger partial charge in [-0.15, -0.1) is 0 Å². The number of benzene rings is 4. The van der Waals surface area contributed by atoms with E-state index in [9.17, 15) is 31.2 Å². The quantitative estimate of drug-likeness (QED) is 0.167. The van der Waals surface area contributed by atoms with Crippen LogP contribution < -0.4 is 15.2 Å². The molecule has 1 heterocycles. The van der Waals surface area contributed by atoms with Gasteiger partial charge in [-0.05, 0) is 96.2 Å². The zero-order chi connectivity index (χ0) is 38.6. The van der Waals surface area contributed by atoms with Gasteiger partial charge in [0, 0.05) is 31.7 Å². The Balaban J connectivity index is 0.000000815. The first-order valence-electron chi connectivity index (χ1n) is 16.6. The minimum Gasteiger partial charge on any atom is -0.497 e. The lowest BCUT2D eigenvalue weighted by atomic mass is 10.0. The normalized spacial score (nSPS) is 13.1. The number of methoxy groups -OCH3 is 1. The van der Waals surface area contributed by atoms with Gasteiger partial charge in [0.05, 0.1) is 18.4 Å². The molecule has 53 heavy (non-hydrogen) atoms.